The van der Waals surface area contributed by atoms with Gasteiger partial charge in [-0.15, -0.1) is 0 Å². The van der Waals surface area contributed by atoms with Crippen LogP contribution in [0, 0.1) is 0 Å². The second kappa shape index (κ2) is 3.85. The van der Waals surface area contributed by atoms with Gasteiger partial charge in [-0.1, -0.05) is 5.16 Å². The Labute approximate surface area is 81.9 Å². The van der Waals surface area contributed by atoms with Crippen molar-refractivity contribution >= 4 is 24.8 Å². The number of hydrogen-bond acceptors (Lipinski definition) is 3. The number of rotatable bonds is 1. The van der Waals surface area contributed by atoms with Crippen LogP contribution in [0.15, 0.2) is 10.6 Å². The molecule has 0 amide bonds. The van der Waals surface area contributed by atoms with Crippen LogP contribution < -0.4 is 0 Å². The third kappa shape index (κ3) is 2.79. The quantitative estimate of drug-likeness (QED) is 0.661. The van der Waals surface area contributed by atoms with Crippen LogP contribution in [0.25, 0.3) is 0 Å². The summed E-state index contributed by atoms with van der Waals surface area (Å²) in [5, 5.41) is 10.7. The van der Waals surface area contributed by atoms with Gasteiger partial charge in [0.15, 0.2) is 5.69 Å². The second-order valence-electron chi connectivity index (χ2n) is 1.88. The monoisotopic (exact) mass is 189 g/mol. The zero-order valence-electron chi connectivity index (χ0n) is 5.42. The third-order valence-electron chi connectivity index (χ3n) is 1.01. The van der Waals surface area contributed by atoms with Crippen molar-refractivity contribution in [2.45, 2.75) is 6.18 Å². The Morgan fingerprint density at radius 1 is 1.54 bits per heavy atom. The van der Waals surface area contributed by atoms with E-state index in [1.54, 1.807) is 0 Å². The molecule has 1 aromatic rings. The van der Waals surface area contributed by atoms with Gasteiger partial charge >= 0.3 is 31.0 Å². The third-order valence-corrected chi connectivity index (χ3v) is 1.01. The molecule has 0 aliphatic rings. The minimum atomic E-state index is -4.67. The number of aromatic nitrogens is 1. The van der Waals surface area contributed by atoms with E-state index in [0.29, 0.717) is 6.07 Å². The van der Waals surface area contributed by atoms with Crippen LogP contribution in [0.2, 0.25) is 0 Å². The second-order valence-corrected chi connectivity index (χ2v) is 1.88. The summed E-state index contributed by atoms with van der Waals surface area (Å²) in [5.41, 5.74) is -1.35. The maximum atomic E-state index is 11.7. The Balaban J connectivity index is 0.00000144. The predicted molar refractivity (Wildman–Crippen MR) is 35.6 cm³/mol. The number of aromatic carboxylic acids is 1. The molecule has 0 saturated heterocycles. The van der Waals surface area contributed by atoms with Gasteiger partial charge < -0.3 is 9.63 Å². The molecule has 1 aromatic heterocycles. The molecule has 0 spiro atoms. The van der Waals surface area contributed by atoms with Crippen molar-refractivity contribution in [1.29, 1.82) is 0 Å². The molecule has 0 saturated carbocycles. The molecule has 0 radical (unpaired) electrons. The molecule has 0 aromatic carbocycles. The molecule has 68 valence electrons. The number of carboxylic acid groups (broad SMARTS) is 1. The minimum absolute atomic E-state index is 0. The van der Waals surface area contributed by atoms with Gasteiger partial charge in [-0.3, -0.25) is 0 Å². The number of alkyl halides is 3. The van der Waals surface area contributed by atoms with E-state index in [-0.39, 0.29) is 18.9 Å². The fraction of sp³-hybridized carbons (Fsp3) is 0.200. The fourth-order valence-electron chi connectivity index (χ4n) is 0.510. The van der Waals surface area contributed by atoms with Crippen LogP contribution in [0.3, 0.4) is 0 Å². The van der Waals surface area contributed by atoms with E-state index in [4.69, 9.17) is 5.11 Å². The van der Waals surface area contributed by atoms with Crippen molar-refractivity contribution in [2.75, 3.05) is 0 Å². The first-order valence-electron chi connectivity index (χ1n) is 2.68. The Kier molecular flexibility index (Phi) is 3.57. The maximum absolute atomic E-state index is 11.7. The molecule has 4 nitrogen and oxygen atoms in total. The normalized spacial score (nSPS) is 10.7. The number of nitrogens with zero attached hydrogens (tertiary/aromatic N) is 1. The Hall–Kier alpha value is -0.933. The number of carbonyl (C=O) groups is 1. The van der Waals surface area contributed by atoms with Gasteiger partial charge in [-0.05, 0) is 0 Å². The number of hydrogen-bond donors (Lipinski definition) is 1. The average Bonchev–Trinajstić information content (AvgIpc) is 2.30. The zero-order valence-corrected chi connectivity index (χ0v) is 5.42. The molecular weight excluding hydrogens is 186 g/mol. The van der Waals surface area contributed by atoms with Gasteiger partial charge in [0.1, 0.15) is 0 Å². The van der Waals surface area contributed by atoms with Crippen LogP contribution in [-0.2, 0) is 6.18 Å². The molecule has 13 heavy (non-hydrogen) atoms. The molecule has 1 rings (SSSR count). The summed E-state index contributed by atoms with van der Waals surface area (Å²) in [4.78, 5) is 10.0. The summed E-state index contributed by atoms with van der Waals surface area (Å²) < 4.78 is 39.1. The number of halogens is 3. The molecule has 0 aliphatic carbocycles. The van der Waals surface area contributed by atoms with Gasteiger partial charge in [-0.2, -0.15) is 13.2 Å². The topological polar surface area (TPSA) is 63.3 Å². The molecule has 0 unspecified atom stereocenters. The summed E-state index contributed by atoms with van der Waals surface area (Å²) >= 11 is 0. The molecule has 1 heterocycles. The molecule has 0 aliphatic heterocycles. The molecule has 0 atom stereocenters. The van der Waals surface area contributed by atoms with E-state index < -0.39 is 23.6 Å². The van der Waals surface area contributed by atoms with Gasteiger partial charge in [0, 0.05) is 6.07 Å². The van der Waals surface area contributed by atoms with Gasteiger partial charge in [0.25, 0.3) is 0 Å². The van der Waals surface area contributed by atoms with Crippen LogP contribution >= 0.6 is 0 Å². The Morgan fingerprint density at radius 2 is 2.08 bits per heavy atom. The first-order chi connectivity index (χ1) is 5.41. The van der Waals surface area contributed by atoms with Gasteiger partial charge in [0.05, 0.1) is 0 Å². The average molecular weight is 189 g/mol. The SMILES string of the molecule is O=C(O)c1cc(C(F)(F)F)no1.[LiH]. The van der Waals surface area contributed by atoms with E-state index >= 15 is 0 Å². The van der Waals surface area contributed by atoms with E-state index in [0.717, 1.165) is 0 Å². The molecular formula is C5H3F3LiNO3. The van der Waals surface area contributed by atoms with Gasteiger partial charge in [0.2, 0.25) is 5.76 Å². The van der Waals surface area contributed by atoms with Crippen molar-refractivity contribution in [2.24, 2.45) is 0 Å². The van der Waals surface area contributed by atoms with Crippen LogP contribution in [0.1, 0.15) is 16.2 Å². The van der Waals surface area contributed by atoms with E-state index in [9.17, 15) is 18.0 Å². The van der Waals surface area contributed by atoms with E-state index in [2.05, 4.69) is 9.68 Å². The summed E-state index contributed by atoms with van der Waals surface area (Å²) in [6.07, 6.45) is -4.67. The van der Waals surface area contributed by atoms with Gasteiger partial charge in [-0.25, -0.2) is 4.79 Å². The summed E-state index contributed by atoms with van der Waals surface area (Å²) in [6.45, 7) is 0. The Morgan fingerprint density at radius 3 is 2.31 bits per heavy atom. The number of carboxylic acids is 1. The summed E-state index contributed by atoms with van der Waals surface area (Å²) in [5.74, 6) is -2.42. The fourth-order valence-corrected chi connectivity index (χ4v) is 0.510. The Bertz CT molecular complexity index is 308. The van der Waals surface area contributed by atoms with Crippen molar-refractivity contribution in [3.63, 3.8) is 0 Å². The molecule has 1 N–H and O–H groups in total. The van der Waals surface area contributed by atoms with E-state index in [1.807, 2.05) is 0 Å². The zero-order chi connectivity index (χ0) is 9.35. The summed E-state index contributed by atoms with van der Waals surface area (Å²) in [7, 11) is 0. The molecule has 0 bridgehead atoms. The van der Waals surface area contributed by atoms with Crippen molar-refractivity contribution in [3.8, 4) is 0 Å². The summed E-state index contributed by atoms with van der Waals surface area (Å²) in [6, 6.07) is 0.322. The standard InChI is InChI=1S/C5H2F3NO3.Li.H/c6-5(7,8)3-1-2(4(10)11)12-9-3;;/h1H,(H,10,11);;. The predicted octanol–water partition coefficient (Wildman–Crippen LogP) is 0.743. The van der Waals surface area contributed by atoms with Crippen molar-refractivity contribution < 1.29 is 27.6 Å². The van der Waals surface area contributed by atoms with Crippen LogP contribution in [0.4, 0.5) is 13.2 Å². The van der Waals surface area contributed by atoms with Crippen molar-refractivity contribution in [1.82, 2.24) is 5.16 Å². The van der Waals surface area contributed by atoms with E-state index in [1.165, 1.54) is 0 Å². The first kappa shape index (κ1) is 12.1. The van der Waals surface area contributed by atoms with Crippen LogP contribution in [0.5, 0.6) is 0 Å². The van der Waals surface area contributed by atoms with Crippen LogP contribution in [-0.4, -0.2) is 35.1 Å². The van der Waals surface area contributed by atoms with Crippen molar-refractivity contribution in [3.05, 3.63) is 17.5 Å². The molecule has 8 heteroatoms. The molecule has 0 fully saturated rings. The first-order valence-corrected chi connectivity index (χ1v) is 2.68.